The molecule has 2 saturated heterocycles. The van der Waals surface area contributed by atoms with Crippen molar-refractivity contribution in [2.45, 2.75) is 37.1 Å². The normalized spacial score (nSPS) is 20.2. The van der Waals surface area contributed by atoms with Crippen LogP contribution in [0.2, 0.25) is 0 Å². The third-order valence-electron chi connectivity index (χ3n) is 7.72. The van der Waals surface area contributed by atoms with Gasteiger partial charge in [-0.05, 0) is 42.3 Å². The van der Waals surface area contributed by atoms with Gasteiger partial charge in [0.05, 0.1) is 36.0 Å². The molecule has 0 N–H and O–H groups in total. The molecule has 0 spiro atoms. The van der Waals surface area contributed by atoms with Gasteiger partial charge in [0.1, 0.15) is 0 Å². The van der Waals surface area contributed by atoms with Gasteiger partial charge in [0, 0.05) is 64.5 Å². The van der Waals surface area contributed by atoms with Gasteiger partial charge in [-0.15, -0.1) is 24.8 Å². The first-order chi connectivity index (χ1) is 20.5. The van der Waals surface area contributed by atoms with Crippen molar-refractivity contribution >= 4 is 30.7 Å². The topological polar surface area (TPSA) is 45.2 Å². The van der Waals surface area contributed by atoms with Crippen molar-refractivity contribution in [3.8, 4) is 0 Å². The zero-order chi connectivity index (χ0) is 32.3. The minimum absolute atomic E-state index is 0. The van der Waals surface area contributed by atoms with Crippen LogP contribution in [-0.4, -0.2) is 98.9 Å². The average Bonchev–Trinajstić information content (AvgIpc) is 2.95. The SMILES string of the molecule is COC[C@@H]1CN(CCN2CCN(C(=O)c3cc(C(F)(F)F)cc(C(F)(F)F)c3)[C@H](Cc3ccc(C(F)(F)F)cc3)C2)CCO1.Cl.Cl. The molecule has 2 aliphatic rings. The number of hydrogen-bond donors (Lipinski definition) is 0. The number of carbonyl (C=O) groups excluding carboxylic acids is 1. The number of rotatable bonds is 8. The number of halogens is 11. The highest BCUT2D eigenvalue weighted by atomic mass is 35.5. The number of methoxy groups -OCH3 is 1. The summed E-state index contributed by atoms with van der Waals surface area (Å²) >= 11 is 0. The fourth-order valence-corrected chi connectivity index (χ4v) is 5.46. The predicted octanol–water partition coefficient (Wildman–Crippen LogP) is 6.30. The third-order valence-corrected chi connectivity index (χ3v) is 7.72. The molecule has 0 unspecified atom stereocenters. The van der Waals surface area contributed by atoms with Gasteiger partial charge in [0.2, 0.25) is 0 Å². The molecule has 17 heteroatoms. The van der Waals surface area contributed by atoms with Gasteiger partial charge in [-0.3, -0.25) is 14.6 Å². The van der Waals surface area contributed by atoms with Crippen molar-refractivity contribution in [1.29, 1.82) is 0 Å². The number of nitrogens with zero attached hydrogens (tertiary/aromatic N) is 3. The molecular weight excluding hydrogens is 680 g/mol. The first-order valence-electron chi connectivity index (χ1n) is 13.9. The predicted molar refractivity (Wildman–Crippen MR) is 155 cm³/mol. The summed E-state index contributed by atoms with van der Waals surface area (Å²) in [4.78, 5) is 19.0. The molecule has 0 radical (unpaired) electrons. The first-order valence-corrected chi connectivity index (χ1v) is 13.9. The maximum Gasteiger partial charge on any atom is 0.416 e. The lowest BCUT2D eigenvalue weighted by Gasteiger charge is -2.43. The molecule has 0 aromatic heterocycles. The molecule has 260 valence electrons. The van der Waals surface area contributed by atoms with Crippen molar-refractivity contribution in [1.82, 2.24) is 14.7 Å². The van der Waals surface area contributed by atoms with Crippen LogP contribution < -0.4 is 0 Å². The van der Waals surface area contributed by atoms with E-state index in [9.17, 15) is 44.3 Å². The fraction of sp³-hybridized carbons (Fsp3) is 0.552. The second kappa shape index (κ2) is 16.2. The molecule has 1 amide bonds. The Kier molecular flexibility index (Phi) is 14.0. The van der Waals surface area contributed by atoms with Gasteiger partial charge < -0.3 is 14.4 Å². The standard InChI is InChI=1S/C29H32F9N3O3.2ClH/c1-43-18-25-17-40(10-11-44-25)7-6-39-8-9-41(24(16-39)12-19-2-4-21(5-3-19)27(30,31)32)26(42)20-13-22(28(33,34)35)15-23(14-20)29(36,37)38;;/h2-5,13-15,24-25H,6-12,16-18H2,1H3;2*1H/t24-,25+;;/m1../s1. The summed E-state index contributed by atoms with van der Waals surface area (Å²) in [6.45, 7) is 3.96. The molecule has 0 saturated carbocycles. The Morgan fingerprint density at radius 3 is 1.85 bits per heavy atom. The fourth-order valence-electron chi connectivity index (χ4n) is 5.46. The van der Waals surface area contributed by atoms with Crippen LogP contribution in [-0.2, 0) is 34.4 Å². The minimum atomic E-state index is -5.13. The van der Waals surface area contributed by atoms with Crippen LogP contribution in [0, 0.1) is 0 Å². The molecule has 2 aliphatic heterocycles. The van der Waals surface area contributed by atoms with Gasteiger partial charge in [0.15, 0.2) is 0 Å². The summed E-state index contributed by atoms with van der Waals surface area (Å²) in [5.74, 6) is -1.02. The van der Waals surface area contributed by atoms with E-state index < -0.39 is 52.7 Å². The number of carbonyl (C=O) groups is 1. The van der Waals surface area contributed by atoms with Gasteiger partial charge in [-0.2, -0.15) is 39.5 Å². The van der Waals surface area contributed by atoms with Crippen molar-refractivity contribution < 1.29 is 53.8 Å². The molecule has 2 atom stereocenters. The molecule has 6 nitrogen and oxygen atoms in total. The van der Waals surface area contributed by atoms with E-state index in [1.165, 1.54) is 17.0 Å². The van der Waals surface area contributed by atoms with Crippen molar-refractivity contribution in [3.05, 3.63) is 70.3 Å². The quantitative estimate of drug-likeness (QED) is 0.301. The van der Waals surface area contributed by atoms with Crippen LogP contribution in [0.4, 0.5) is 39.5 Å². The van der Waals surface area contributed by atoms with Crippen LogP contribution in [0.5, 0.6) is 0 Å². The van der Waals surface area contributed by atoms with Crippen LogP contribution in [0.1, 0.15) is 32.6 Å². The number of morpholine rings is 1. The molecule has 2 heterocycles. The Morgan fingerprint density at radius 2 is 1.33 bits per heavy atom. The van der Waals surface area contributed by atoms with Crippen molar-refractivity contribution in [2.24, 2.45) is 0 Å². The van der Waals surface area contributed by atoms with E-state index in [4.69, 9.17) is 9.47 Å². The van der Waals surface area contributed by atoms with E-state index in [1.807, 2.05) is 4.90 Å². The number of amides is 1. The monoisotopic (exact) mass is 713 g/mol. The Bertz CT molecular complexity index is 1240. The molecular formula is C29H34Cl2F9N3O3. The molecule has 2 aromatic rings. The first kappa shape index (κ1) is 39.9. The van der Waals surface area contributed by atoms with Gasteiger partial charge >= 0.3 is 18.5 Å². The van der Waals surface area contributed by atoms with Crippen molar-refractivity contribution in [3.63, 3.8) is 0 Å². The van der Waals surface area contributed by atoms with E-state index in [0.717, 1.165) is 12.1 Å². The van der Waals surface area contributed by atoms with Gasteiger partial charge in [0.25, 0.3) is 5.91 Å². The smallest absolute Gasteiger partial charge is 0.382 e. The Hall–Kier alpha value is -2.30. The Morgan fingerprint density at radius 1 is 0.783 bits per heavy atom. The van der Waals surface area contributed by atoms with Gasteiger partial charge in [-0.1, -0.05) is 12.1 Å². The summed E-state index contributed by atoms with van der Waals surface area (Å²) < 4.78 is 131. The number of hydrogen-bond acceptors (Lipinski definition) is 5. The zero-order valence-electron chi connectivity index (χ0n) is 24.6. The summed E-state index contributed by atoms with van der Waals surface area (Å²) in [6.07, 6.45) is -14.9. The molecule has 46 heavy (non-hydrogen) atoms. The molecule has 2 aromatic carbocycles. The number of piperazine rings is 1. The Labute approximate surface area is 272 Å². The zero-order valence-corrected chi connectivity index (χ0v) is 26.2. The maximum absolute atomic E-state index is 13.5. The van der Waals surface area contributed by atoms with Crippen LogP contribution in [0.3, 0.4) is 0 Å². The van der Waals surface area contributed by atoms with Crippen LogP contribution >= 0.6 is 24.8 Å². The number of ether oxygens (including phenoxy) is 2. The highest BCUT2D eigenvalue weighted by Gasteiger charge is 2.39. The van der Waals surface area contributed by atoms with E-state index in [1.54, 1.807) is 7.11 Å². The average molecular weight is 714 g/mol. The lowest BCUT2D eigenvalue weighted by molar-refractivity contribution is -0.143. The third kappa shape index (κ3) is 10.6. The lowest BCUT2D eigenvalue weighted by atomic mass is 9.98. The van der Waals surface area contributed by atoms with Crippen LogP contribution in [0.25, 0.3) is 0 Å². The molecule has 0 aliphatic carbocycles. The highest BCUT2D eigenvalue weighted by Crippen LogP contribution is 2.37. The molecule has 0 bridgehead atoms. The summed E-state index contributed by atoms with van der Waals surface area (Å²) in [6, 6.07) is 4.29. The second-order valence-electron chi connectivity index (χ2n) is 10.9. The number of benzene rings is 2. The Balaban J connectivity index is 0.00000368. The van der Waals surface area contributed by atoms with Crippen molar-refractivity contribution in [2.75, 3.05) is 66.1 Å². The lowest BCUT2D eigenvalue weighted by Crippen LogP contribution is -2.57. The summed E-state index contributed by atoms with van der Waals surface area (Å²) in [7, 11) is 1.57. The summed E-state index contributed by atoms with van der Waals surface area (Å²) in [5.41, 5.74) is -4.43. The van der Waals surface area contributed by atoms with E-state index >= 15 is 0 Å². The summed E-state index contributed by atoms with van der Waals surface area (Å²) in [5, 5.41) is 0. The number of alkyl halides is 9. The van der Waals surface area contributed by atoms with E-state index in [0.29, 0.717) is 63.6 Å². The van der Waals surface area contributed by atoms with E-state index in [2.05, 4.69) is 4.90 Å². The maximum atomic E-state index is 13.5. The highest BCUT2D eigenvalue weighted by molar-refractivity contribution is 5.95. The largest absolute Gasteiger partial charge is 0.416 e. The van der Waals surface area contributed by atoms with Crippen LogP contribution in [0.15, 0.2) is 42.5 Å². The van der Waals surface area contributed by atoms with Gasteiger partial charge in [-0.25, -0.2) is 0 Å². The molecule has 2 fully saturated rings. The minimum Gasteiger partial charge on any atom is -0.382 e. The second-order valence-corrected chi connectivity index (χ2v) is 10.9. The molecule has 4 rings (SSSR count). The van der Waals surface area contributed by atoms with E-state index in [-0.39, 0.29) is 56.5 Å².